The van der Waals surface area contributed by atoms with Gasteiger partial charge in [-0.25, -0.2) is 0 Å². The van der Waals surface area contributed by atoms with Gasteiger partial charge in [0, 0.05) is 24.0 Å². The van der Waals surface area contributed by atoms with E-state index in [0.717, 1.165) is 22.6 Å². The normalized spacial score (nSPS) is 21.0. The lowest BCUT2D eigenvalue weighted by Gasteiger charge is -2.37. The molecule has 0 saturated carbocycles. The van der Waals surface area contributed by atoms with E-state index in [1.165, 1.54) is 16.4 Å². The van der Waals surface area contributed by atoms with Gasteiger partial charge in [-0.05, 0) is 39.9 Å². The molecule has 1 aliphatic heterocycles. The summed E-state index contributed by atoms with van der Waals surface area (Å²) >= 11 is 0. The van der Waals surface area contributed by atoms with Crippen molar-refractivity contribution in [2.45, 2.75) is 38.0 Å². The van der Waals surface area contributed by atoms with Crippen LogP contribution in [0.4, 0.5) is 0 Å². The van der Waals surface area contributed by atoms with E-state index < -0.39 is 7.92 Å². The molecule has 1 aliphatic rings. The molecule has 0 aromatic heterocycles. The molecule has 3 aromatic rings. The number of carbonyl (C=O) groups is 1. The Morgan fingerprint density at radius 3 is 1.55 bits per heavy atom. The number of para-hydroxylation sites is 2. The quantitative estimate of drug-likeness (QED) is 0.445. The van der Waals surface area contributed by atoms with E-state index in [1.807, 2.05) is 24.3 Å². The fourth-order valence-electron chi connectivity index (χ4n) is 4.80. The minimum absolute atomic E-state index is 0.329. The summed E-state index contributed by atoms with van der Waals surface area (Å²) in [5.41, 5.74) is 5.23. The Morgan fingerprint density at radius 1 is 0.677 bits per heavy atom. The van der Waals surface area contributed by atoms with Crippen molar-refractivity contribution >= 4 is 19.0 Å². The zero-order chi connectivity index (χ0) is 22.0. The van der Waals surface area contributed by atoms with Gasteiger partial charge in [0.05, 0.1) is 14.2 Å². The van der Waals surface area contributed by atoms with Crippen LogP contribution in [0, 0.1) is 0 Å². The first-order valence-corrected chi connectivity index (χ1v) is 12.2. The van der Waals surface area contributed by atoms with E-state index in [0.29, 0.717) is 29.9 Å². The van der Waals surface area contributed by atoms with Crippen LogP contribution in [0.2, 0.25) is 0 Å². The number of Topliss-reactive ketones (excluding diaryl/α,β-unsaturated/α-hetero) is 1. The zero-order valence-electron chi connectivity index (χ0n) is 18.6. The number of benzene rings is 3. The van der Waals surface area contributed by atoms with Crippen molar-refractivity contribution in [3.63, 3.8) is 0 Å². The van der Waals surface area contributed by atoms with Gasteiger partial charge in [-0.3, -0.25) is 4.79 Å². The molecule has 31 heavy (non-hydrogen) atoms. The Morgan fingerprint density at radius 2 is 1.10 bits per heavy atom. The fraction of sp³-hybridized carbons (Fsp3) is 0.296. The molecule has 1 heterocycles. The number of methoxy groups -OCH3 is 2. The van der Waals surface area contributed by atoms with Gasteiger partial charge >= 0.3 is 0 Å². The number of ether oxygens (including phenoxy) is 2. The molecule has 4 rings (SSSR count). The molecule has 1 saturated heterocycles. The molecule has 1 fully saturated rings. The van der Waals surface area contributed by atoms with Gasteiger partial charge in [0.15, 0.2) is 0 Å². The Balaban J connectivity index is 2.02. The second kappa shape index (κ2) is 9.24. The van der Waals surface area contributed by atoms with E-state index in [9.17, 15) is 4.79 Å². The molecule has 160 valence electrons. The Kier molecular flexibility index (Phi) is 6.43. The highest BCUT2D eigenvalue weighted by Gasteiger charge is 2.36. The van der Waals surface area contributed by atoms with Crippen molar-refractivity contribution in [1.82, 2.24) is 0 Å². The van der Waals surface area contributed by atoms with Crippen LogP contribution in [0.3, 0.4) is 0 Å². The minimum Gasteiger partial charge on any atom is -0.496 e. The van der Waals surface area contributed by atoms with E-state index >= 15 is 0 Å². The van der Waals surface area contributed by atoms with Crippen LogP contribution in [-0.2, 0) is 4.79 Å². The van der Waals surface area contributed by atoms with Crippen LogP contribution in [0.5, 0.6) is 11.5 Å². The molecular weight excluding hydrogens is 403 g/mol. The lowest BCUT2D eigenvalue weighted by molar-refractivity contribution is -0.119. The first-order chi connectivity index (χ1) is 15.0. The van der Waals surface area contributed by atoms with E-state index in [-0.39, 0.29) is 0 Å². The van der Waals surface area contributed by atoms with Crippen molar-refractivity contribution in [3.8, 4) is 33.8 Å². The summed E-state index contributed by atoms with van der Waals surface area (Å²) in [6.07, 6.45) is 1.31. The van der Waals surface area contributed by atoms with Gasteiger partial charge in [0.25, 0.3) is 0 Å². The van der Waals surface area contributed by atoms with Gasteiger partial charge in [0.2, 0.25) is 0 Å². The van der Waals surface area contributed by atoms with Crippen molar-refractivity contribution in [2.24, 2.45) is 0 Å². The van der Waals surface area contributed by atoms with Crippen molar-refractivity contribution in [2.75, 3.05) is 14.2 Å². The van der Waals surface area contributed by atoms with Gasteiger partial charge < -0.3 is 9.47 Å². The Bertz CT molecular complexity index is 1010. The lowest BCUT2D eigenvalue weighted by Crippen LogP contribution is -2.30. The standard InChI is InChI=1S/C27H29O3P/c1-18-16-20(28)17-19(2)31(18)27-23(21-10-5-7-14-25(21)29-3)12-9-13-24(27)22-11-6-8-15-26(22)30-4/h5-15,18-19H,16-17H2,1-4H3. The highest BCUT2D eigenvalue weighted by atomic mass is 31.1. The Hall–Kier alpha value is -2.64. The van der Waals surface area contributed by atoms with Gasteiger partial charge in [-0.1, -0.05) is 76.4 Å². The average Bonchev–Trinajstić information content (AvgIpc) is 2.78. The largest absolute Gasteiger partial charge is 0.496 e. The maximum atomic E-state index is 12.3. The molecule has 4 heteroatoms. The van der Waals surface area contributed by atoms with Crippen molar-refractivity contribution in [1.29, 1.82) is 0 Å². The number of ketones is 1. The van der Waals surface area contributed by atoms with Crippen LogP contribution in [0.25, 0.3) is 22.3 Å². The first kappa shape index (κ1) is 21.6. The van der Waals surface area contributed by atoms with Gasteiger partial charge in [-0.15, -0.1) is 0 Å². The highest BCUT2D eigenvalue weighted by molar-refractivity contribution is 7.67. The topological polar surface area (TPSA) is 35.5 Å². The molecule has 0 radical (unpaired) electrons. The summed E-state index contributed by atoms with van der Waals surface area (Å²) in [6.45, 7) is 4.48. The molecule has 3 nitrogen and oxygen atoms in total. The number of hydrogen-bond donors (Lipinski definition) is 0. The summed E-state index contributed by atoms with van der Waals surface area (Å²) in [4.78, 5) is 12.3. The van der Waals surface area contributed by atoms with E-state index in [2.05, 4.69) is 56.3 Å². The first-order valence-electron chi connectivity index (χ1n) is 10.7. The smallest absolute Gasteiger partial charge is 0.134 e. The average molecular weight is 433 g/mol. The summed E-state index contributed by atoms with van der Waals surface area (Å²) in [5.74, 6) is 2.11. The van der Waals surface area contributed by atoms with Crippen molar-refractivity contribution in [3.05, 3.63) is 66.7 Å². The predicted molar refractivity (Wildman–Crippen MR) is 130 cm³/mol. The molecule has 2 atom stereocenters. The highest BCUT2D eigenvalue weighted by Crippen LogP contribution is 2.55. The summed E-state index contributed by atoms with van der Waals surface area (Å²) in [6, 6.07) is 22.9. The van der Waals surface area contributed by atoms with Crippen LogP contribution in [0.1, 0.15) is 26.7 Å². The molecule has 3 aromatic carbocycles. The molecule has 0 N–H and O–H groups in total. The van der Waals surface area contributed by atoms with E-state index in [4.69, 9.17) is 9.47 Å². The fourth-order valence-corrected chi connectivity index (χ4v) is 8.30. The second-order valence-electron chi connectivity index (χ2n) is 8.15. The molecule has 2 unspecified atom stereocenters. The van der Waals surface area contributed by atoms with E-state index in [1.54, 1.807) is 14.2 Å². The SMILES string of the molecule is COc1ccccc1-c1cccc(-c2ccccc2OC)c1P1C(C)CC(=O)CC1C. The molecule has 0 aliphatic carbocycles. The summed E-state index contributed by atoms with van der Waals surface area (Å²) < 4.78 is 11.5. The van der Waals surface area contributed by atoms with Gasteiger partial charge in [0.1, 0.15) is 17.3 Å². The maximum absolute atomic E-state index is 12.3. The molecule has 0 amide bonds. The molecular formula is C27H29O3P. The predicted octanol–water partition coefficient (Wildman–Crippen LogP) is 6.28. The summed E-state index contributed by atoms with van der Waals surface area (Å²) in [5, 5.41) is 1.35. The van der Waals surface area contributed by atoms with Crippen LogP contribution < -0.4 is 14.8 Å². The zero-order valence-corrected chi connectivity index (χ0v) is 19.5. The van der Waals surface area contributed by atoms with Crippen LogP contribution >= 0.6 is 7.92 Å². The molecule has 0 bridgehead atoms. The third kappa shape index (κ3) is 4.12. The third-order valence-corrected chi connectivity index (χ3v) is 9.35. The number of hydrogen-bond acceptors (Lipinski definition) is 3. The number of carbonyl (C=O) groups excluding carboxylic acids is 1. The third-order valence-electron chi connectivity index (χ3n) is 6.08. The van der Waals surface area contributed by atoms with Crippen LogP contribution in [0.15, 0.2) is 66.7 Å². The van der Waals surface area contributed by atoms with Crippen molar-refractivity contribution < 1.29 is 14.3 Å². The second-order valence-corrected chi connectivity index (χ2v) is 11.2. The van der Waals surface area contributed by atoms with Crippen LogP contribution in [-0.4, -0.2) is 31.3 Å². The Labute approximate surface area is 186 Å². The summed E-state index contributed by atoms with van der Waals surface area (Å²) in [7, 11) is 2.87. The molecule has 0 spiro atoms. The number of rotatable bonds is 5. The monoisotopic (exact) mass is 432 g/mol. The van der Waals surface area contributed by atoms with Gasteiger partial charge in [-0.2, -0.15) is 0 Å². The maximum Gasteiger partial charge on any atom is 0.134 e. The lowest BCUT2D eigenvalue weighted by atomic mass is 9.97. The minimum atomic E-state index is -0.571.